The molecule has 1 heterocycles. The average Bonchev–Trinajstić information content (AvgIpc) is 3.17. The Labute approximate surface area is 188 Å². The predicted octanol–water partition coefficient (Wildman–Crippen LogP) is 4.48. The van der Waals surface area contributed by atoms with Crippen LogP contribution in [0.25, 0.3) is 0 Å². The molecule has 3 rings (SSSR count). The van der Waals surface area contributed by atoms with Gasteiger partial charge in [0.25, 0.3) is 0 Å². The lowest BCUT2D eigenvalue weighted by molar-refractivity contribution is -0.00570. The molecule has 0 saturated carbocycles. The summed E-state index contributed by atoms with van der Waals surface area (Å²) in [5.74, 6) is 0. The van der Waals surface area contributed by atoms with Gasteiger partial charge in [-0.3, -0.25) is 4.90 Å². The van der Waals surface area contributed by atoms with E-state index in [4.69, 9.17) is 9.16 Å². The van der Waals surface area contributed by atoms with E-state index in [0.717, 1.165) is 6.42 Å². The van der Waals surface area contributed by atoms with Crippen molar-refractivity contribution in [2.75, 3.05) is 0 Å². The van der Waals surface area contributed by atoms with Gasteiger partial charge in [-0.1, -0.05) is 87.5 Å². The van der Waals surface area contributed by atoms with Crippen LogP contribution in [0.15, 0.2) is 72.9 Å². The SMILES string of the molecule is CC(C)(C)OC(=O)N1C=CCC1C(O[SiH](c1ccccc1)c1ccccc1)C(C)(C)C. The van der Waals surface area contributed by atoms with Crippen LogP contribution in [0.1, 0.15) is 48.0 Å². The fourth-order valence-corrected chi connectivity index (χ4v) is 6.67. The van der Waals surface area contributed by atoms with Crippen LogP contribution >= 0.6 is 0 Å². The first kappa shape index (κ1) is 23.3. The first-order valence-electron chi connectivity index (χ1n) is 11.0. The van der Waals surface area contributed by atoms with Gasteiger partial charge in [-0.25, -0.2) is 4.79 Å². The summed E-state index contributed by atoms with van der Waals surface area (Å²) in [4.78, 5) is 14.7. The fraction of sp³-hybridized carbons (Fsp3) is 0.423. The van der Waals surface area contributed by atoms with Gasteiger partial charge in [0.15, 0.2) is 0 Å². The monoisotopic (exact) mass is 437 g/mol. The molecule has 0 N–H and O–H groups in total. The molecule has 0 aromatic heterocycles. The Balaban J connectivity index is 1.94. The number of hydrogen-bond acceptors (Lipinski definition) is 3. The van der Waals surface area contributed by atoms with Crippen LogP contribution in [0, 0.1) is 5.41 Å². The Morgan fingerprint density at radius 2 is 1.45 bits per heavy atom. The Kier molecular flexibility index (Phi) is 7.07. The van der Waals surface area contributed by atoms with Crippen LogP contribution in [-0.4, -0.2) is 37.8 Å². The molecule has 2 aromatic carbocycles. The number of carbonyl (C=O) groups excluding carboxylic acids is 1. The van der Waals surface area contributed by atoms with E-state index in [1.807, 2.05) is 45.2 Å². The summed E-state index contributed by atoms with van der Waals surface area (Å²) >= 11 is 0. The van der Waals surface area contributed by atoms with E-state index in [2.05, 4.69) is 69.3 Å². The second-order valence-electron chi connectivity index (χ2n) is 10.2. The number of amides is 1. The second kappa shape index (κ2) is 9.41. The quantitative estimate of drug-likeness (QED) is 0.648. The van der Waals surface area contributed by atoms with Crippen molar-refractivity contribution in [1.82, 2.24) is 4.90 Å². The van der Waals surface area contributed by atoms with Crippen LogP contribution < -0.4 is 10.4 Å². The van der Waals surface area contributed by atoms with Gasteiger partial charge in [0.1, 0.15) is 5.60 Å². The summed E-state index contributed by atoms with van der Waals surface area (Å²) in [7, 11) is -1.97. The van der Waals surface area contributed by atoms with E-state index >= 15 is 0 Å². The van der Waals surface area contributed by atoms with E-state index in [1.54, 1.807) is 4.90 Å². The highest BCUT2D eigenvalue weighted by molar-refractivity contribution is 6.80. The Bertz CT molecular complexity index is 845. The Morgan fingerprint density at radius 3 is 1.90 bits per heavy atom. The highest BCUT2D eigenvalue weighted by Crippen LogP contribution is 2.33. The first-order chi connectivity index (χ1) is 14.6. The molecule has 0 saturated heterocycles. The van der Waals surface area contributed by atoms with Gasteiger partial charge in [0, 0.05) is 6.20 Å². The zero-order valence-corrected chi connectivity index (χ0v) is 20.7. The smallest absolute Gasteiger partial charge is 0.414 e. The van der Waals surface area contributed by atoms with Gasteiger partial charge in [0.2, 0.25) is 9.04 Å². The maximum absolute atomic E-state index is 12.9. The molecule has 166 valence electrons. The Hall–Kier alpha value is -2.37. The summed E-state index contributed by atoms with van der Waals surface area (Å²) in [5, 5.41) is 2.47. The number of benzene rings is 2. The van der Waals surface area contributed by atoms with E-state index in [-0.39, 0.29) is 23.7 Å². The van der Waals surface area contributed by atoms with Crippen molar-refractivity contribution in [3.63, 3.8) is 0 Å². The van der Waals surface area contributed by atoms with E-state index in [0.29, 0.717) is 0 Å². The van der Waals surface area contributed by atoms with Crippen molar-refractivity contribution in [1.29, 1.82) is 0 Å². The van der Waals surface area contributed by atoms with E-state index in [1.165, 1.54) is 10.4 Å². The van der Waals surface area contributed by atoms with Crippen molar-refractivity contribution < 1.29 is 14.0 Å². The van der Waals surface area contributed by atoms with Crippen LogP contribution in [-0.2, 0) is 9.16 Å². The molecule has 2 unspecified atom stereocenters. The molecule has 2 atom stereocenters. The van der Waals surface area contributed by atoms with Gasteiger partial charge in [-0.15, -0.1) is 0 Å². The van der Waals surface area contributed by atoms with Gasteiger partial charge in [0.05, 0.1) is 12.1 Å². The third-order valence-electron chi connectivity index (χ3n) is 5.30. The molecule has 0 bridgehead atoms. The molecule has 1 aliphatic heterocycles. The summed E-state index contributed by atoms with van der Waals surface area (Å²) in [5.41, 5.74) is -0.701. The number of rotatable bonds is 5. The minimum atomic E-state index is -1.97. The zero-order valence-electron chi connectivity index (χ0n) is 19.5. The van der Waals surface area contributed by atoms with Gasteiger partial charge in [-0.2, -0.15) is 0 Å². The molecule has 31 heavy (non-hydrogen) atoms. The molecular weight excluding hydrogens is 402 g/mol. The maximum atomic E-state index is 12.9. The third-order valence-corrected chi connectivity index (χ3v) is 7.84. The van der Waals surface area contributed by atoms with Crippen LogP contribution in [0.4, 0.5) is 4.79 Å². The molecule has 1 aliphatic rings. The highest BCUT2D eigenvalue weighted by atomic mass is 28.3. The molecule has 4 nitrogen and oxygen atoms in total. The molecule has 0 aliphatic carbocycles. The fourth-order valence-electron chi connectivity index (χ4n) is 3.94. The largest absolute Gasteiger partial charge is 0.443 e. The number of ether oxygens (including phenoxy) is 1. The molecule has 1 amide bonds. The zero-order chi connectivity index (χ0) is 22.6. The summed E-state index contributed by atoms with van der Waals surface area (Å²) in [6.45, 7) is 12.2. The minimum absolute atomic E-state index is 0.0997. The first-order valence-corrected chi connectivity index (χ1v) is 12.6. The molecule has 0 radical (unpaired) electrons. The van der Waals surface area contributed by atoms with Crippen molar-refractivity contribution >= 4 is 25.5 Å². The predicted molar refractivity (Wildman–Crippen MR) is 129 cm³/mol. The van der Waals surface area contributed by atoms with Gasteiger partial charge < -0.3 is 9.16 Å². The summed E-state index contributed by atoms with van der Waals surface area (Å²) in [6, 6.07) is 20.9. The Morgan fingerprint density at radius 1 is 0.935 bits per heavy atom. The number of carbonyl (C=O) groups is 1. The number of hydrogen-bond donors (Lipinski definition) is 0. The van der Waals surface area contributed by atoms with Crippen molar-refractivity contribution in [3.8, 4) is 0 Å². The van der Waals surface area contributed by atoms with E-state index in [9.17, 15) is 4.79 Å². The van der Waals surface area contributed by atoms with Crippen LogP contribution in [0.3, 0.4) is 0 Å². The summed E-state index contributed by atoms with van der Waals surface area (Å²) < 4.78 is 12.7. The van der Waals surface area contributed by atoms with Crippen molar-refractivity contribution in [2.24, 2.45) is 5.41 Å². The van der Waals surface area contributed by atoms with Gasteiger partial charge >= 0.3 is 6.09 Å². The standard InChI is InChI=1S/C26H35NO3Si/c1-25(2,3)23(22-18-13-19-27(22)24(28)29-26(4,5)6)30-31(20-14-9-7-10-15-20)21-16-11-8-12-17-21/h7-17,19,22-23,31H,18H2,1-6H3. The minimum Gasteiger partial charge on any atom is -0.443 e. The topological polar surface area (TPSA) is 38.8 Å². The molecule has 0 spiro atoms. The third kappa shape index (κ3) is 6.08. The van der Waals surface area contributed by atoms with Crippen LogP contribution in [0.5, 0.6) is 0 Å². The average molecular weight is 438 g/mol. The second-order valence-corrected chi connectivity index (χ2v) is 12.6. The van der Waals surface area contributed by atoms with Crippen LogP contribution in [0.2, 0.25) is 0 Å². The molecule has 2 aromatic rings. The summed E-state index contributed by atoms with van der Waals surface area (Å²) in [6.07, 6.45) is 4.18. The van der Waals surface area contributed by atoms with E-state index < -0.39 is 14.6 Å². The lowest BCUT2D eigenvalue weighted by atomic mass is 9.84. The molecule has 0 fully saturated rings. The maximum Gasteiger partial charge on any atom is 0.414 e. The van der Waals surface area contributed by atoms with Crippen molar-refractivity contribution in [2.45, 2.75) is 65.7 Å². The van der Waals surface area contributed by atoms with Gasteiger partial charge in [-0.05, 0) is 43.0 Å². The molecule has 5 heteroatoms. The lowest BCUT2D eigenvalue weighted by Crippen LogP contribution is -2.56. The normalized spacial score (nSPS) is 17.8. The number of nitrogens with zero attached hydrogens (tertiary/aromatic N) is 1. The van der Waals surface area contributed by atoms with Crippen molar-refractivity contribution in [3.05, 3.63) is 72.9 Å². The molecular formula is C26H35NO3Si. The lowest BCUT2D eigenvalue weighted by Gasteiger charge is -2.41. The highest BCUT2D eigenvalue weighted by Gasteiger charge is 2.42.